The number of hydrogen-bond acceptors (Lipinski definition) is 3. The average molecular weight is 317 g/mol. The lowest BCUT2D eigenvalue weighted by molar-refractivity contribution is 0.388. The first-order valence-electron chi connectivity index (χ1n) is 8.36. The Morgan fingerprint density at radius 1 is 1.00 bits per heavy atom. The van der Waals surface area contributed by atoms with E-state index in [0.717, 1.165) is 30.0 Å². The fourth-order valence-electron chi connectivity index (χ4n) is 2.85. The zero-order valence-corrected chi connectivity index (χ0v) is 15.0. The van der Waals surface area contributed by atoms with Gasteiger partial charge < -0.3 is 14.8 Å². The third-order valence-electron chi connectivity index (χ3n) is 4.05. The van der Waals surface area contributed by atoms with Crippen molar-refractivity contribution < 1.29 is 9.47 Å². The van der Waals surface area contributed by atoms with Crippen LogP contribution >= 0.6 is 0 Å². The molecule has 0 amide bonds. The predicted octanol–water partition coefficient (Wildman–Crippen LogP) is 4.95. The Hall–Kier alpha value is -1.89. The van der Waals surface area contributed by atoms with Gasteiger partial charge in [0.1, 0.15) is 11.5 Å². The molecule has 0 aliphatic heterocycles. The Morgan fingerprint density at radius 3 is 2.04 bits per heavy atom. The quantitative estimate of drug-likeness (QED) is 0.853. The summed E-state index contributed by atoms with van der Waals surface area (Å²) >= 11 is 0. The van der Waals surface area contributed by atoms with Crippen LogP contribution in [0.3, 0.4) is 0 Å². The van der Waals surface area contributed by atoms with Gasteiger partial charge in [-0.25, -0.2) is 0 Å². The van der Waals surface area contributed by atoms with Crippen LogP contribution in [0.1, 0.15) is 52.9 Å². The van der Waals surface area contributed by atoms with E-state index < -0.39 is 0 Å². The van der Waals surface area contributed by atoms with E-state index in [9.17, 15) is 0 Å². The summed E-state index contributed by atoms with van der Waals surface area (Å²) in [5.41, 5.74) is 0.667. The van der Waals surface area contributed by atoms with Crippen LogP contribution in [0.15, 0.2) is 18.2 Å². The van der Waals surface area contributed by atoms with E-state index in [-0.39, 0.29) is 11.1 Å². The fraction of sp³-hybridized carbons (Fsp3) is 0.632. The molecule has 1 fully saturated rings. The molecule has 0 radical (unpaired) electrons. The minimum Gasteiger partial charge on any atom is -0.497 e. The molecule has 4 nitrogen and oxygen atoms in total. The summed E-state index contributed by atoms with van der Waals surface area (Å²) < 4.78 is 10.7. The topological polar surface area (TPSA) is 34.8 Å². The summed E-state index contributed by atoms with van der Waals surface area (Å²) in [5.74, 6) is 1.57. The molecule has 2 rings (SSSR count). The Labute approximate surface area is 140 Å². The zero-order chi connectivity index (χ0) is 16.9. The Morgan fingerprint density at radius 2 is 1.57 bits per heavy atom. The van der Waals surface area contributed by atoms with E-state index in [0.29, 0.717) is 0 Å². The molecule has 126 valence electrons. The number of hydrogen-bond donors (Lipinski definition) is 1. The van der Waals surface area contributed by atoms with E-state index in [1.165, 1.54) is 19.3 Å². The molecule has 0 heterocycles. The molecule has 1 N–H and O–H groups in total. The van der Waals surface area contributed by atoms with Gasteiger partial charge in [-0.1, -0.05) is 11.3 Å². The molecule has 0 saturated heterocycles. The van der Waals surface area contributed by atoms with Crippen molar-refractivity contribution in [2.45, 2.75) is 64.0 Å². The maximum atomic E-state index is 5.37. The monoisotopic (exact) mass is 317 g/mol. The standard InChI is InChI=1S/C19H29N2O2/c1-18(2,3)20-14-19(9-7-6-8-10-19)21-15-11-16(22-4)13-17(12-15)23-5/h11-13,21H,6-10H2,1-5H3/q+1. The third-order valence-corrected chi connectivity index (χ3v) is 4.05. The number of rotatable bonds is 4. The van der Waals surface area contributed by atoms with Crippen molar-refractivity contribution in [3.8, 4) is 17.6 Å². The number of anilines is 1. The van der Waals surface area contributed by atoms with Crippen molar-refractivity contribution in [2.24, 2.45) is 0 Å². The second-order valence-corrected chi connectivity index (χ2v) is 7.26. The summed E-state index contributed by atoms with van der Waals surface area (Å²) in [5, 5.41) is 3.65. The normalized spacial score (nSPS) is 16.9. The van der Waals surface area contributed by atoms with Crippen molar-refractivity contribution in [1.82, 2.24) is 0 Å². The molecule has 0 unspecified atom stereocenters. The average Bonchev–Trinajstić information content (AvgIpc) is 2.53. The fourth-order valence-corrected chi connectivity index (χ4v) is 2.85. The van der Waals surface area contributed by atoms with Crippen LogP contribution in [-0.2, 0) is 0 Å². The second kappa shape index (κ2) is 7.12. The molecule has 23 heavy (non-hydrogen) atoms. The van der Waals surface area contributed by atoms with Gasteiger partial charge in [-0.05, 0) is 25.7 Å². The van der Waals surface area contributed by atoms with Gasteiger partial charge in [-0.2, -0.15) is 0 Å². The zero-order valence-electron chi connectivity index (χ0n) is 15.0. The molecule has 0 bridgehead atoms. The first-order chi connectivity index (χ1) is 10.9. The van der Waals surface area contributed by atoms with E-state index in [1.807, 2.05) is 18.2 Å². The summed E-state index contributed by atoms with van der Waals surface area (Å²) in [6, 6.07) is 9.31. The van der Waals surface area contributed by atoms with Gasteiger partial charge >= 0.3 is 6.07 Å². The highest BCUT2D eigenvalue weighted by Crippen LogP contribution is 2.34. The number of ether oxygens (including phenoxy) is 2. The smallest absolute Gasteiger partial charge is 0.302 e. The van der Waals surface area contributed by atoms with E-state index in [1.54, 1.807) is 14.2 Å². The maximum Gasteiger partial charge on any atom is 0.302 e. The van der Waals surface area contributed by atoms with Crippen molar-refractivity contribution in [1.29, 1.82) is 0 Å². The van der Waals surface area contributed by atoms with Crippen molar-refractivity contribution in [2.75, 3.05) is 19.5 Å². The Bertz CT molecular complexity index is 565. The number of nitrogens with one attached hydrogen (secondary N) is 1. The van der Waals surface area contributed by atoms with Gasteiger partial charge in [-0.3, -0.25) is 0 Å². The largest absolute Gasteiger partial charge is 0.497 e. The molecule has 0 aromatic heterocycles. The van der Waals surface area contributed by atoms with Crippen LogP contribution < -0.4 is 14.8 Å². The summed E-state index contributed by atoms with van der Waals surface area (Å²) in [6.45, 7) is 6.31. The molecule has 1 aliphatic rings. The molecule has 0 spiro atoms. The third kappa shape index (κ3) is 5.06. The molecule has 1 aromatic carbocycles. The van der Waals surface area contributed by atoms with Crippen LogP contribution in [0.2, 0.25) is 0 Å². The van der Waals surface area contributed by atoms with E-state index in [2.05, 4.69) is 37.0 Å². The lowest BCUT2D eigenvalue weighted by Crippen LogP contribution is -2.39. The summed E-state index contributed by atoms with van der Waals surface area (Å²) in [6.07, 6.45) is 5.77. The van der Waals surface area contributed by atoms with Crippen molar-refractivity contribution in [3.63, 3.8) is 0 Å². The van der Waals surface area contributed by atoms with Gasteiger partial charge in [0, 0.05) is 44.7 Å². The van der Waals surface area contributed by atoms with Crippen LogP contribution in [0, 0.1) is 6.07 Å². The highest BCUT2D eigenvalue weighted by Gasteiger charge is 2.37. The summed E-state index contributed by atoms with van der Waals surface area (Å²) in [4.78, 5) is 4.66. The molecule has 0 atom stereocenters. The first-order valence-corrected chi connectivity index (χ1v) is 8.36. The Balaban J connectivity index is 2.32. The second-order valence-electron chi connectivity index (χ2n) is 7.26. The Kier molecular flexibility index (Phi) is 5.41. The number of methoxy groups -OCH3 is 2. The van der Waals surface area contributed by atoms with Gasteiger partial charge in [0.25, 0.3) is 5.54 Å². The lowest BCUT2D eigenvalue weighted by atomic mass is 9.82. The predicted molar refractivity (Wildman–Crippen MR) is 96.0 cm³/mol. The SMILES string of the molecule is COc1cc(NC2(C#[N+]C(C)(C)C)CCCCC2)cc(OC)c1. The van der Waals surface area contributed by atoms with Crippen LogP contribution in [0.25, 0.3) is 4.85 Å². The molecule has 1 aliphatic carbocycles. The minimum absolute atomic E-state index is 0.113. The van der Waals surface area contributed by atoms with Gasteiger partial charge in [-0.15, -0.1) is 0 Å². The molecular weight excluding hydrogens is 288 g/mol. The van der Waals surface area contributed by atoms with Gasteiger partial charge in [0.15, 0.2) is 5.54 Å². The number of benzene rings is 1. The minimum atomic E-state index is -0.205. The first kappa shape index (κ1) is 17.5. The lowest BCUT2D eigenvalue weighted by Gasteiger charge is -2.30. The maximum absolute atomic E-state index is 5.37. The summed E-state index contributed by atoms with van der Waals surface area (Å²) in [7, 11) is 3.34. The van der Waals surface area contributed by atoms with Crippen LogP contribution in [-0.4, -0.2) is 25.3 Å². The molecule has 1 saturated carbocycles. The molecular formula is C19H29N2O2+. The molecule has 4 heteroatoms. The van der Waals surface area contributed by atoms with Gasteiger partial charge in [0.2, 0.25) is 0 Å². The van der Waals surface area contributed by atoms with Crippen molar-refractivity contribution >= 4 is 5.69 Å². The van der Waals surface area contributed by atoms with E-state index in [4.69, 9.17) is 9.47 Å². The molecule has 1 aromatic rings. The van der Waals surface area contributed by atoms with Crippen LogP contribution in [0.4, 0.5) is 5.69 Å². The number of nitrogens with zero attached hydrogens (tertiary/aromatic N) is 1. The van der Waals surface area contributed by atoms with Gasteiger partial charge in [0.05, 0.1) is 14.2 Å². The van der Waals surface area contributed by atoms with Crippen molar-refractivity contribution in [3.05, 3.63) is 23.0 Å². The van der Waals surface area contributed by atoms with E-state index >= 15 is 0 Å². The highest BCUT2D eigenvalue weighted by atomic mass is 16.5. The highest BCUT2D eigenvalue weighted by molar-refractivity contribution is 5.56. The van der Waals surface area contributed by atoms with Crippen LogP contribution in [0.5, 0.6) is 11.5 Å².